The number of amides is 3. The van der Waals surface area contributed by atoms with Crippen LogP contribution in [-0.2, 0) is 9.59 Å². The smallest absolute Gasteiger partial charge is 0.342 e. The second-order valence-corrected chi connectivity index (χ2v) is 6.76. The summed E-state index contributed by atoms with van der Waals surface area (Å²) in [5.41, 5.74) is -1.21. The standard InChI is InChI=1S/C20H15N3O9/c24-16(21-10-5-6-14(23(31)32)13(9-10)19(27)28)8-7-15(20(29)30)22-17(25)11-3-1-2-4-12(11)18(22)26/h1-6,9,15H,7-8H2,(H,21,24)(H,27,28)(H,29,30)/t15-/m0/s1. The SMILES string of the molecule is O=C(CC[C@@H](C(=O)O)N1C(=O)c2ccccc2C1=O)Nc1ccc([N+](=O)[O-])c(C(=O)O)c1. The first kappa shape index (κ1) is 22.1. The lowest BCUT2D eigenvalue weighted by Gasteiger charge is -2.22. The number of carboxylic acids is 2. The average molecular weight is 441 g/mol. The third-order valence-electron chi connectivity index (χ3n) is 4.77. The number of benzene rings is 2. The van der Waals surface area contributed by atoms with Gasteiger partial charge in [0, 0.05) is 18.2 Å². The second kappa shape index (κ2) is 8.63. The minimum absolute atomic E-state index is 0.0504. The Morgan fingerprint density at radius 3 is 2.12 bits per heavy atom. The van der Waals surface area contributed by atoms with Gasteiger partial charge in [-0.05, 0) is 30.7 Å². The number of nitrogens with zero attached hydrogens (tertiary/aromatic N) is 2. The first-order valence-electron chi connectivity index (χ1n) is 9.13. The zero-order valence-corrected chi connectivity index (χ0v) is 16.2. The Morgan fingerprint density at radius 2 is 1.62 bits per heavy atom. The van der Waals surface area contributed by atoms with Crippen LogP contribution >= 0.6 is 0 Å². The van der Waals surface area contributed by atoms with Crippen LogP contribution in [0.15, 0.2) is 42.5 Å². The van der Waals surface area contributed by atoms with E-state index in [-0.39, 0.29) is 16.8 Å². The van der Waals surface area contributed by atoms with Crippen LogP contribution in [0.3, 0.4) is 0 Å². The van der Waals surface area contributed by atoms with E-state index in [9.17, 15) is 39.2 Å². The summed E-state index contributed by atoms with van der Waals surface area (Å²) in [4.78, 5) is 70.8. The number of anilines is 1. The summed E-state index contributed by atoms with van der Waals surface area (Å²) in [5, 5.41) is 31.9. The molecule has 0 unspecified atom stereocenters. The molecule has 12 heteroatoms. The van der Waals surface area contributed by atoms with Crippen LogP contribution in [0.1, 0.15) is 43.9 Å². The quantitative estimate of drug-likeness (QED) is 0.312. The molecule has 3 rings (SSSR count). The van der Waals surface area contributed by atoms with E-state index in [0.717, 1.165) is 18.2 Å². The average Bonchev–Trinajstić information content (AvgIpc) is 2.99. The molecule has 0 spiro atoms. The molecule has 2 aromatic rings. The Labute approximate surface area is 179 Å². The van der Waals surface area contributed by atoms with E-state index in [1.807, 2.05) is 0 Å². The van der Waals surface area contributed by atoms with Gasteiger partial charge in [0.15, 0.2) is 0 Å². The van der Waals surface area contributed by atoms with Gasteiger partial charge in [-0.25, -0.2) is 9.59 Å². The zero-order valence-electron chi connectivity index (χ0n) is 16.2. The van der Waals surface area contributed by atoms with Crippen molar-refractivity contribution >= 4 is 41.0 Å². The van der Waals surface area contributed by atoms with E-state index < -0.39 is 64.7 Å². The van der Waals surface area contributed by atoms with Gasteiger partial charge in [0.1, 0.15) is 11.6 Å². The number of carboxylic acid groups (broad SMARTS) is 2. The van der Waals surface area contributed by atoms with E-state index in [4.69, 9.17) is 5.11 Å². The van der Waals surface area contributed by atoms with Crippen molar-refractivity contribution in [1.82, 2.24) is 4.90 Å². The van der Waals surface area contributed by atoms with Gasteiger partial charge in [0.2, 0.25) is 5.91 Å². The Hall–Kier alpha value is -4.61. The maximum Gasteiger partial charge on any atom is 0.342 e. The summed E-state index contributed by atoms with van der Waals surface area (Å²) >= 11 is 0. The van der Waals surface area contributed by atoms with Crippen molar-refractivity contribution in [2.45, 2.75) is 18.9 Å². The van der Waals surface area contributed by atoms with Crippen molar-refractivity contribution < 1.29 is 39.1 Å². The molecule has 0 fully saturated rings. The Morgan fingerprint density at radius 1 is 1.03 bits per heavy atom. The first-order valence-corrected chi connectivity index (χ1v) is 9.13. The lowest BCUT2D eigenvalue weighted by atomic mass is 10.1. The number of imide groups is 1. The molecule has 1 heterocycles. The van der Waals surface area contributed by atoms with Crippen molar-refractivity contribution in [3.8, 4) is 0 Å². The number of hydrogen-bond donors (Lipinski definition) is 3. The molecule has 0 radical (unpaired) electrons. The number of hydrogen-bond acceptors (Lipinski definition) is 7. The molecule has 0 saturated carbocycles. The third-order valence-corrected chi connectivity index (χ3v) is 4.77. The van der Waals surface area contributed by atoms with Gasteiger partial charge in [-0.2, -0.15) is 0 Å². The maximum absolute atomic E-state index is 12.5. The number of carbonyl (C=O) groups is 5. The molecule has 164 valence electrons. The number of aromatic carboxylic acids is 1. The molecule has 1 aliphatic rings. The number of aliphatic carboxylic acids is 1. The van der Waals surface area contributed by atoms with Gasteiger partial charge < -0.3 is 15.5 Å². The highest BCUT2D eigenvalue weighted by Crippen LogP contribution is 2.27. The molecule has 1 aliphatic heterocycles. The molecule has 0 saturated heterocycles. The number of nitro benzene ring substituents is 1. The van der Waals surface area contributed by atoms with E-state index in [0.29, 0.717) is 4.90 Å². The van der Waals surface area contributed by atoms with Gasteiger partial charge in [-0.3, -0.25) is 29.4 Å². The molecule has 12 nitrogen and oxygen atoms in total. The molecule has 3 amide bonds. The van der Waals surface area contributed by atoms with Gasteiger partial charge >= 0.3 is 11.9 Å². The molecule has 1 atom stereocenters. The van der Waals surface area contributed by atoms with Gasteiger partial charge in [-0.15, -0.1) is 0 Å². The summed E-state index contributed by atoms with van der Waals surface area (Å²) in [6, 6.07) is 7.21. The van der Waals surface area contributed by atoms with Gasteiger partial charge in [-0.1, -0.05) is 12.1 Å². The van der Waals surface area contributed by atoms with Gasteiger partial charge in [0.05, 0.1) is 16.1 Å². The molecule has 2 aromatic carbocycles. The van der Waals surface area contributed by atoms with Crippen molar-refractivity contribution in [3.63, 3.8) is 0 Å². The predicted molar refractivity (Wildman–Crippen MR) is 106 cm³/mol. The van der Waals surface area contributed by atoms with E-state index in [2.05, 4.69) is 5.32 Å². The van der Waals surface area contributed by atoms with Crippen LogP contribution in [0.5, 0.6) is 0 Å². The van der Waals surface area contributed by atoms with Crippen molar-refractivity contribution in [2.24, 2.45) is 0 Å². The van der Waals surface area contributed by atoms with Crippen molar-refractivity contribution in [1.29, 1.82) is 0 Å². The second-order valence-electron chi connectivity index (χ2n) is 6.76. The highest BCUT2D eigenvalue weighted by Gasteiger charge is 2.42. The number of rotatable bonds is 8. The largest absolute Gasteiger partial charge is 0.480 e. The van der Waals surface area contributed by atoms with E-state index in [1.54, 1.807) is 0 Å². The highest BCUT2D eigenvalue weighted by atomic mass is 16.6. The Kier molecular flexibility index (Phi) is 5.96. The fraction of sp³-hybridized carbons (Fsp3) is 0.150. The van der Waals surface area contributed by atoms with Crippen LogP contribution in [0.2, 0.25) is 0 Å². The number of fused-ring (bicyclic) bond motifs is 1. The predicted octanol–water partition coefficient (Wildman–Crippen LogP) is 1.76. The lowest BCUT2D eigenvalue weighted by molar-refractivity contribution is -0.385. The van der Waals surface area contributed by atoms with Crippen LogP contribution in [0.4, 0.5) is 11.4 Å². The summed E-state index contributed by atoms with van der Waals surface area (Å²) in [6.45, 7) is 0. The first-order chi connectivity index (χ1) is 15.1. The zero-order chi connectivity index (χ0) is 23.6. The molecular weight excluding hydrogens is 426 g/mol. The molecular formula is C20H15N3O9. The van der Waals surface area contributed by atoms with Crippen LogP contribution in [-0.4, -0.2) is 55.7 Å². The molecule has 0 aliphatic carbocycles. The Bertz CT molecular complexity index is 1140. The van der Waals surface area contributed by atoms with Crippen molar-refractivity contribution in [2.75, 3.05) is 5.32 Å². The number of nitro groups is 1. The fourth-order valence-corrected chi connectivity index (χ4v) is 3.29. The van der Waals surface area contributed by atoms with Crippen LogP contribution in [0, 0.1) is 10.1 Å². The Balaban J connectivity index is 1.72. The summed E-state index contributed by atoms with van der Waals surface area (Å²) in [5.74, 6) is -5.34. The minimum atomic E-state index is -1.60. The maximum atomic E-state index is 12.5. The summed E-state index contributed by atoms with van der Waals surface area (Å²) < 4.78 is 0. The molecule has 0 aromatic heterocycles. The molecule has 3 N–H and O–H groups in total. The molecule has 32 heavy (non-hydrogen) atoms. The number of carbonyl (C=O) groups excluding carboxylic acids is 3. The van der Waals surface area contributed by atoms with Crippen LogP contribution in [0.25, 0.3) is 0 Å². The van der Waals surface area contributed by atoms with Crippen LogP contribution < -0.4 is 5.32 Å². The third kappa shape index (κ3) is 4.14. The molecule has 0 bridgehead atoms. The van der Waals surface area contributed by atoms with E-state index >= 15 is 0 Å². The normalized spacial score (nSPS) is 13.4. The summed E-state index contributed by atoms with van der Waals surface area (Å²) in [6.07, 6.45) is -0.824. The summed E-state index contributed by atoms with van der Waals surface area (Å²) in [7, 11) is 0. The number of nitrogens with one attached hydrogen (secondary N) is 1. The van der Waals surface area contributed by atoms with E-state index in [1.165, 1.54) is 24.3 Å². The van der Waals surface area contributed by atoms with Gasteiger partial charge in [0.25, 0.3) is 17.5 Å². The minimum Gasteiger partial charge on any atom is -0.480 e. The fourth-order valence-electron chi connectivity index (χ4n) is 3.29. The monoisotopic (exact) mass is 441 g/mol. The lowest BCUT2D eigenvalue weighted by Crippen LogP contribution is -2.45. The van der Waals surface area contributed by atoms with Crippen molar-refractivity contribution in [3.05, 3.63) is 69.3 Å². The topological polar surface area (TPSA) is 184 Å². The highest BCUT2D eigenvalue weighted by molar-refractivity contribution is 6.22.